The summed E-state index contributed by atoms with van der Waals surface area (Å²) < 4.78 is 38.9. The highest BCUT2D eigenvalue weighted by atomic mass is 32.2. The molecule has 0 amide bonds. The van der Waals surface area contributed by atoms with Crippen molar-refractivity contribution >= 4 is 23.1 Å². The van der Waals surface area contributed by atoms with Gasteiger partial charge in [0, 0.05) is 23.6 Å². The third-order valence-electron chi connectivity index (χ3n) is 2.75. The van der Waals surface area contributed by atoms with E-state index in [1.807, 2.05) is 13.8 Å². The van der Waals surface area contributed by atoms with Crippen LogP contribution >= 0.6 is 23.1 Å². The summed E-state index contributed by atoms with van der Waals surface area (Å²) in [4.78, 5) is 4.08. The molecule has 0 saturated heterocycles. The fourth-order valence-electron chi connectivity index (χ4n) is 1.43. The molecule has 0 fully saturated rings. The molecule has 0 spiro atoms. The average molecular weight is 326 g/mol. The second kappa shape index (κ2) is 7.66. The fourth-order valence-corrected chi connectivity index (χ4v) is 3.43. The minimum Gasteiger partial charge on any atom is -0.310 e. The van der Waals surface area contributed by atoms with E-state index in [1.54, 1.807) is 11.8 Å². The number of thiazole rings is 1. The molecule has 1 atom stereocenters. The van der Waals surface area contributed by atoms with Gasteiger partial charge in [-0.2, -0.15) is 24.9 Å². The van der Waals surface area contributed by atoms with E-state index < -0.39 is 11.9 Å². The van der Waals surface area contributed by atoms with Crippen LogP contribution in [0.15, 0.2) is 0 Å². The minimum atomic E-state index is -4.37. The predicted molar refractivity (Wildman–Crippen MR) is 80.1 cm³/mol. The number of nitrogens with one attached hydrogen (secondary N) is 1. The highest BCUT2D eigenvalue weighted by Gasteiger charge is 2.37. The molecule has 2 nitrogen and oxygen atoms in total. The van der Waals surface area contributed by atoms with Gasteiger partial charge in [-0.1, -0.05) is 27.7 Å². The molecule has 0 aromatic carbocycles. The van der Waals surface area contributed by atoms with Crippen molar-refractivity contribution in [2.45, 2.75) is 63.9 Å². The summed E-state index contributed by atoms with van der Waals surface area (Å²) in [5.41, 5.74) is -0.726. The third kappa shape index (κ3) is 5.61. The van der Waals surface area contributed by atoms with E-state index in [9.17, 15) is 13.2 Å². The van der Waals surface area contributed by atoms with Crippen LogP contribution in [0.5, 0.6) is 0 Å². The Labute approximate surface area is 126 Å². The first-order valence-electron chi connectivity index (χ1n) is 6.64. The van der Waals surface area contributed by atoms with E-state index in [2.05, 4.69) is 24.1 Å². The van der Waals surface area contributed by atoms with E-state index in [0.29, 0.717) is 16.0 Å². The van der Waals surface area contributed by atoms with E-state index >= 15 is 0 Å². The second-order valence-corrected chi connectivity index (χ2v) is 7.54. The molecule has 1 heterocycles. The molecule has 1 unspecified atom stereocenters. The van der Waals surface area contributed by atoms with Gasteiger partial charge >= 0.3 is 6.18 Å². The van der Waals surface area contributed by atoms with Gasteiger partial charge in [-0.3, -0.25) is 0 Å². The smallest absolute Gasteiger partial charge is 0.310 e. The van der Waals surface area contributed by atoms with Crippen molar-refractivity contribution in [2.24, 2.45) is 0 Å². The Balaban J connectivity index is 2.82. The van der Waals surface area contributed by atoms with Crippen LogP contribution in [0.25, 0.3) is 0 Å². The Kier molecular flexibility index (Phi) is 6.81. The van der Waals surface area contributed by atoms with Crippen LogP contribution in [-0.4, -0.2) is 16.3 Å². The van der Waals surface area contributed by atoms with Crippen molar-refractivity contribution in [1.82, 2.24) is 10.3 Å². The van der Waals surface area contributed by atoms with Gasteiger partial charge < -0.3 is 5.32 Å². The summed E-state index contributed by atoms with van der Waals surface area (Å²) in [6, 6.07) is 0.149. The highest BCUT2D eigenvalue weighted by Crippen LogP contribution is 2.35. The van der Waals surface area contributed by atoms with E-state index in [-0.39, 0.29) is 17.5 Å². The zero-order valence-corrected chi connectivity index (χ0v) is 13.8. The first kappa shape index (κ1) is 17.8. The molecular formula is C13H21F3N2S2. The fraction of sp³-hybridized carbons (Fsp3) is 0.769. The Morgan fingerprint density at radius 3 is 2.45 bits per heavy atom. The Morgan fingerprint density at radius 1 is 1.30 bits per heavy atom. The van der Waals surface area contributed by atoms with E-state index in [0.717, 1.165) is 6.42 Å². The first-order valence-corrected chi connectivity index (χ1v) is 8.51. The quantitative estimate of drug-likeness (QED) is 0.787. The molecule has 0 bridgehead atoms. The van der Waals surface area contributed by atoms with Crippen molar-refractivity contribution in [3.8, 4) is 0 Å². The first-order chi connectivity index (χ1) is 9.24. The second-order valence-electron chi connectivity index (χ2n) is 4.94. The minimum absolute atomic E-state index is 0.149. The van der Waals surface area contributed by atoms with Crippen LogP contribution in [0.2, 0.25) is 0 Å². The Bertz CT molecular complexity index is 416. The Morgan fingerprint density at radius 2 is 1.95 bits per heavy atom. The number of thioether (sulfide) groups is 1. The normalized spacial score (nSPS) is 14.0. The molecule has 0 aliphatic rings. The van der Waals surface area contributed by atoms with Crippen molar-refractivity contribution in [3.63, 3.8) is 0 Å². The number of alkyl halides is 3. The van der Waals surface area contributed by atoms with Gasteiger partial charge in [0.2, 0.25) is 0 Å². The van der Waals surface area contributed by atoms with Crippen molar-refractivity contribution in [1.29, 1.82) is 0 Å². The van der Waals surface area contributed by atoms with Crippen LogP contribution in [0.3, 0.4) is 0 Å². The lowest BCUT2D eigenvalue weighted by Gasteiger charge is -2.09. The largest absolute Gasteiger partial charge is 0.434 e. The predicted octanol–water partition coefficient (Wildman–Crippen LogP) is 4.69. The van der Waals surface area contributed by atoms with Crippen LogP contribution in [-0.2, 0) is 18.5 Å². The van der Waals surface area contributed by atoms with Crippen LogP contribution in [0.4, 0.5) is 13.2 Å². The summed E-state index contributed by atoms with van der Waals surface area (Å²) in [5, 5.41) is 4.02. The average Bonchev–Trinajstić information content (AvgIpc) is 2.76. The number of nitrogens with zero attached hydrogens (tertiary/aromatic N) is 1. The zero-order valence-electron chi connectivity index (χ0n) is 12.2. The van der Waals surface area contributed by atoms with Gasteiger partial charge in [0.15, 0.2) is 5.69 Å². The maximum atomic E-state index is 13.0. The number of rotatable bonds is 7. The van der Waals surface area contributed by atoms with Gasteiger partial charge in [-0.15, -0.1) is 11.3 Å². The molecule has 0 radical (unpaired) electrons. The maximum absolute atomic E-state index is 13.0. The molecule has 0 aliphatic heterocycles. The molecule has 1 N–H and O–H groups in total. The van der Waals surface area contributed by atoms with Gasteiger partial charge in [-0.25, -0.2) is 4.98 Å². The Hall–Kier alpha value is -0.270. The van der Waals surface area contributed by atoms with Crippen molar-refractivity contribution < 1.29 is 13.2 Å². The molecule has 1 aromatic heterocycles. The molecular weight excluding hydrogens is 305 g/mol. The van der Waals surface area contributed by atoms with Crippen LogP contribution in [0.1, 0.15) is 49.7 Å². The molecule has 116 valence electrons. The lowest BCUT2D eigenvalue weighted by Crippen LogP contribution is -2.23. The molecule has 0 saturated carbocycles. The summed E-state index contributed by atoms with van der Waals surface area (Å²) in [6.07, 6.45) is -3.37. The monoisotopic (exact) mass is 326 g/mol. The maximum Gasteiger partial charge on any atom is 0.434 e. The SMILES string of the molecule is CCC(C)SCc1nc(C(F)(F)F)c(CNC(C)C)s1. The highest BCUT2D eigenvalue weighted by molar-refractivity contribution is 7.99. The van der Waals surface area contributed by atoms with E-state index in [1.165, 1.54) is 11.3 Å². The van der Waals surface area contributed by atoms with Gasteiger partial charge in [0.25, 0.3) is 0 Å². The molecule has 7 heteroatoms. The number of hydrogen-bond donors (Lipinski definition) is 1. The summed E-state index contributed by atoms with van der Waals surface area (Å²) in [7, 11) is 0. The summed E-state index contributed by atoms with van der Waals surface area (Å²) in [5.74, 6) is 0.546. The topological polar surface area (TPSA) is 24.9 Å². The molecule has 0 aliphatic carbocycles. The zero-order chi connectivity index (χ0) is 15.3. The van der Waals surface area contributed by atoms with Gasteiger partial charge in [0.05, 0.1) is 4.88 Å². The van der Waals surface area contributed by atoms with Crippen LogP contribution < -0.4 is 5.32 Å². The lowest BCUT2D eigenvalue weighted by molar-refractivity contribution is -0.141. The van der Waals surface area contributed by atoms with E-state index in [4.69, 9.17) is 0 Å². The third-order valence-corrected chi connectivity index (χ3v) is 5.33. The molecule has 1 aromatic rings. The lowest BCUT2D eigenvalue weighted by atomic mass is 10.3. The standard InChI is InChI=1S/C13H21F3N2S2/c1-5-9(4)19-7-11-18-12(13(14,15)16)10(20-11)6-17-8(2)3/h8-9,17H,5-7H2,1-4H3. The molecule has 1 rings (SSSR count). The van der Waals surface area contributed by atoms with Crippen LogP contribution in [0, 0.1) is 0 Å². The van der Waals surface area contributed by atoms with Crippen molar-refractivity contribution in [2.75, 3.05) is 0 Å². The van der Waals surface area contributed by atoms with Gasteiger partial charge in [0.1, 0.15) is 5.01 Å². The number of hydrogen-bond acceptors (Lipinski definition) is 4. The van der Waals surface area contributed by atoms with Crippen molar-refractivity contribution in [3.05, 3.63) is 15.6 Å². The summed E-state index contributed by atoms with van der Waals surface area (Å²) >= 11 is 2.81. The number of aromatic nitrogens is 1. The van der Waals surface area contributed by atoms with Gasteiger partial charge in [-0.05, 0) is 6.42 Å². The summed E-state index contributed by atoms with van der Waals surface area (Å²) in [6.45, 7) is 8.18. The number of halogens is 3. The molecule has 20 heavy (non-hydrogen) atoms.